The number of carbonyl (C=O) groups is 1. The van der Waals surface area contributed by atoms with Crippen LogP contribution in [0.15, 0.2) is 66.7 Å². The van der Waals surface area contributed by atoms with Gasteiger partial charge in [-0.05, 0) is 48.2 Å². The molecule has 25 heavy (non-hydrogen) atoms. The lowest BCUT2D eigenvalue weighted by Crippen LogP contribution is -2.22. The summed E-state index contributed by atoms with van der Waals surface area (Å²) in [6, 6.07) is 21.5. The summed E-state index contributed by atoms with van der Waals surface area (Å²) in [4.78, 5) is 14.5. The van der Waals surface area contributed by atoms with Crippen molar-refractivity contribution in [3.63, 3.8) is 0 Å². The van der Waals surface area contributed by atoms with E-state index in [0.717, 1.165) is 18.4 Å². The van der Waals surface area contributed by atoms with Gasteiger partial charge >= 0.3 is 0 Å². The third-order valence-corrected chi connectivity index (χ3v) is 5.17. The van der Waals surface area contributed by atoms with Crippen LogP contribution in [0.2, 0.25) is 0 Å². The number of carbonyl (C=O) groups excluding carboxylic acids is 1. The molecule has 2 aromatic carbocycles. The Morgan fingerprint density at radius 3 is 2.48 bits per heavy atom. The van der Waals surface area contributed by atoms with Gasteiger partial charge in [-0.15, -0.1) is 11.3 Å². The van der Waals surface area contributed by atoms with Crippen molar-refractivity contribution < 1.29 is 9.90 Å². The zero-order chi connectivity index (χ0) is 17.5. The Balaban J connectivity index is 1.41. The average molecular weight is 351 g/mol. The fourth-order valence-electron chi connectivity index (χ4n) is 2.60. The second-order valence-corrected chi connectivity index (χ2v) is 7.10. The van der Waals surface area contributed by atoms with Crippen LogP contribution in [0.3, 0.4) is 0 Å². The highest BCUT2D eigenvalue weighted by Crippen LogP contribution is 2.28. The van der Waals surface area contributed by atoms with Gasteiger partial charge in [0.15, 0.2) is 0 Å². The standard InChI is InChI=1S/C21H21NO2S/c23-18-11-9-16(10-12-18)15-22-21(24)8-4-7-19-13-14-20(25-19)17-5-2-1-3-6-17/h1-3,5-6,9-14,23H,4,7-8,15H2,(H,22,24). The molecular weight excluding hydrogens is 330 g/mol. The van der Waals surface area contributed by atoms with E-state index < -0.39 is 0 Å². The predicted octanol–water partition coefficient (Wildman–Crippen LogP) is 4.76. The molecule has 0 aliphatic carbocycles. The summed E-state index contributed by atoms with van der Waals surface area (Å²) >= 11 is 1.79. The number of aryl methyl sites for hydroxylation is 1. The minimum Gasteiger partial charge on any atom is -0.508 e. The van der Waals surface area contributed by atoms with Crippen molar-refractivity contribution in [1.29, 1.82) is 0 Å². The molecule has 0 bridgehead atoms. The lowest BCUT2D eigenvalue weighted by molar-refractivity contribution is -0.121. The maximum absolute atomic E-state index is 11.9. The van der Waals surface area contributed by atoms with Crippen molar-refractivity contribution in [3.05, 3.63) is 77.2 Å². The first-order valence-corrected chi connectivity index (χ1v) is 9.21. The highest BCUT2D eigenvalue weighted by Gasteiger charge is 2.05. The van der Waals surface area contributed by atoms with Gasteiger partial charge < -0.3 is 10.4 Å². The number of hydrogen-bond donors (Lipinski definition) is 2. The lowest BCUT2D eigenvalue weighted by Gasteiger charge is -2.05. The summed E-state index contributed by atoms with van der Waals surface area (Å²) in [6.45, 7) is 0.496. The Kier molecular flexibility index (Phi) is 5.86. The highest BCUT2D eigenvalue weighted by molar-refractivity contribution is 7.15. The minimum absolute atomic E-state index is 0.0629. The molecule has 3 aromatic rings. The fourth-order valence-corrected chi connectivity index (χ4v) is 3.65. The van der Waals surface area contributed by atoms with Crippen LogP contribution in [0.1, 0.15) is 23.3 Å². The van der Waals surface area contributed by atoms with Crippen molar-refractivity contribution in [3.8, 4) is 16.2 Å². The molecule has 0 spiro atoms. The molecule has 128 valence electrons. The van der Waals surface area contributed by atoms with Gasteiger partial charge in [0.05, 0.1) is 0 Å². The van der Waals surface area contributed by atoms with Crippen LogP contribution in [0.4, 0.5) is 0 Å². The van der Waals surface area contributed by atoms with Crippen LogP contribution in [0, 0.1) is 0 Å². The summed E-state index contributed by atoms with van der Waals surface area (Å²) in [5.74, 6) is 0.300. The van der Waals surface area contributed by atoms with Crippen molar-refractivity contribution in [2.24, 2.45) is 0 Å². The number of aromatic hydroxyl groups is 1. The van der Waals surface area contributed by atoms with Gasteiger partial charge in [0.1, 0.15) is 5.75 Å². The smallest absolute Gasteiger partial charge is 0.220 e. The van der Waals surface area contributed by atoms with Crippen LogP contribution in [-0.4, -0.2) is 11.0 Å². The second-order valence-electron chi connectivity index (χ2n) is 5.93. The number of hydrogen-bond acceptors (Lipinski definition) is 3. The molecule has 1 amide bonds. The van der Waals surface area contributed by atoms with E-state index in [9.17, 15) is 9.90 Å². The monoisotopic (exact) mass is 351 g/mol. The Labute approximate surface area is 152 Å². The first-order chi connectivity index (χ1) is 12.2. The van der Waals surface area contributed by atoms with E-state index in [2.05, 4.69) is 29.6 Å². The van der Waals surface area contributed by atoms with Gasteiger partial charge in [-0.3, -0.25) is 4.79 Å². The second kappa shape index (κ2) is 8.49. The van der Waals surface area contributed by atoms with Crippen LogP contribution < -0.4 is 5.32 Å². The van der Waals surface area contributed by atoms with E-state index in [4.69, 9.17) is 0 Å². The van der Waals surface area contributed by atoms with E-state index in [1.807, 2.05) is 30.3 Å². The molecule has 0 atom stereocenters. The Morgan fingerprint density at radius 1 is 0.960 bits per heavy atom. The molecule has 1 heterocycles. The van der Waals surface area contributed by atoms with Gasteiger partial charge in [-0.1, -0.05) is 42.5 Å². The van der Waals surface area contributed by atoms with Crippen LogP contribution in [-0.2, 0) is 17.8 Å². The number of nitrogens with one attached hydrogen (secondary N) is 1. The first-order valence-electron chi connectivity index (χ1n) is 8.39. The van der Waals surface area contributed by atoms with E-state index in [1.54, 1.807) is 23.5 Å². The van der Waals surface area contributed by atoms with Gasteiger partial charge in [0.2, 0.25) is 5.91 Å². The van der Waals surface area contributed by atoms with Crippen molar-refractivity contribution in [1.82, 2.24) is 5.32 Å². The molecule has 0 saturated carbocycles. The number of benzene rings is 2. The third kappa shape index (κ3) is 5.19. The largest absolute Gasteiger partial charge is 0.508 e. The maximum Gasteiger partial charge on any atom is 0.220 e. The fraction of sp³-hybridized carbons (Fsp3) is 0.190. The number of phenols is 1. The van der Waals surface area contributed by atoms with E-state index >= 15 is 0 Å². The number of amides is 1. The predicted molar refractivity (Wildman–Crippen MR) is 103 cm³/mol. The van der Waals surface area contributed by atoms with Crippen molar-refractivity contribution >= 4 is 17.2 Å². The number of phenolic OH excluding ortho intramolecular Hbond substituents is 1. The average Bonchev–Trinajstić information content (AvgIpc) is 3.11. The molecular formula is C21H21NO2S. The van der Waals surface area contributed by atoms with E-state index in [1.165, 1.54) is 15.3 Å². The van der Waals surface area contributed by atoms with Crippen LogP contribution in [0.25, 0.3) is 10.4 Å². The van der Waals surface area contributed by atoms with Crippen molar-refractivity contribution in [2.75, 3.05) is 0 Å². The van der Waals surface area contributed by atoms with Crippen LogP contribution in [0.5, 0.6) is 5.75 Å². The minimum atomic E-state index is 0.0629. The van der Waals surface area contributed by atoms with Gasteiger partial charge in [0, 0.05) is 22.7 Å². The molecule has 0 radical (unpaired) electrons. The molecule has 3 rings (SSSR count). The van der Waals surface area contributed by atoms with E-state index in [-0.39, 0.29) is 11.7 Å². The van der Waals surface area contributed by atoms with E-state index in [0.29, 0.717) is 13.0 Å². The Hall–Kier alpha value is -2.59. The molecule has 4 heteroatoms. The number of thiophene rings is 1. The summed E-state index contributed by atoms with van der Waals surface area (Å²) in [7, 11) is 0. The highest BCUT2D eigenvalue weighted by atomic mass is 32.1. The molecule has 2 N–H and O–H groups in total. The summed E-state index contributed by atoms with van der Waals surface area (Å²) in [5, 5.41) is 12.2. The molecule has 1 aromatic heterocycles. The maximum atomic E-state index is 11.9. The first kappa shape index (κ1) is 17.2. The summed E-state index contributed by atoms with van der Waals surface area (Å²) in [6.07, 6.45) is 2.29. The van der Waals surface area contributed by atoms with Crippen molar-refractivity contribution in [2.45, 2.75) is 25.8 Å². The number of rotatable bonds is 7. The Bertz CT molecular complexity index is 809. The summed E-state index contributed by atoms with van der Waals surface area (Å²) < 4.78 is 0. The molecule has 0 fully saturated rings. The van der Waals surface area contributed by atoms with Crippen LogP contribution >= 0.6 is 11.3 Å². The summed E-state index contributed by atoms with van der Waals surface area (Å²) in [5.41, 5.74) is 2.22. The Morgan fingerprint density at radius 2 is 1.72 bits per heavy atom. The quantitative estimate of drug-likeness (QED) is 0.645. The molecule has 0 unspecified atom stereocenters. The third-order valence-electron chi connectivity index (χ3n) is 3.97. The zero-order valence-electron chi connectivity index (χ0n) is 13.9. The normalized spacial score (nSPS) is 10.6. The topological polar surface area (TPSA) is 49.3 Å². The van der Waals surface area contributed by atoms with Gasteiger partial charge in [-0.2, -0.15) is 0 Å². The lowest BCUT2D eigenvalue weighted by atomic mass is 10.2. The SMILES string of the molecule is O=C(CCCc1ccc(-c2ccccc2)s1)NCc1ccc(O)cc1. The molecule has 3 nitrogen and oxygen atoms in total. The van der Waals surface area contributed by atoms with Gasteiger partial charge in [0.25, 0.3) is 0 Å². The zero-order valence-corrected chi connectivity index (χ0v) is 14.8. The van der Waals surface area contributed by atoms with Gasteiger partial charge in [-0.25, -0.2) is 0 Å². The molecule has 0 saturated heterocycles. The molecule has 0 aliphatic rings. The molecule has 0 aliphatic heterocycles.